The molecule has 7 heteroatoms. The topological polar surface area (TPSA) is 55.6 Å². The summed E-state index contributed by atoms with van der Waals surface area (Å²) < 4.78 is 45.5. The minimum atomic E-state index is -1.53. The van der Waals surface area contributed by atoms with Gasteiger partial charge in [-0.1, -0.05) is 6.07 Å². The summed E-state index contributed by atoms with van der Waals surface area (Å²) in [5, 5.41) is 0. The summed E-state index contributed by atoms with van der Waals surface area (Å²) in [4.78, 5) is 13.5. The number of halogens is 3. The van der Waals surface area contributed by atoms with Gasteiger partial charge in [-0.25, -0.2) is 18.0 Å². The first-order valence-corrected chi connectivity index (χ1v) is 7.47. The highest BCUT2D eigenvalue weighted by molar-refractivity contribution is 5.68. The van der Waals surface area contributed by atoms with Crippen LogP contribution in [-0.2, 0) is 4.74 Å². The first-order valence-electron chi connectivity index (χ1n) is 7.47. The number of likely N-dealkylation sites (tertiary alicyclic amines) is 1. The van der Waals surface area contributed by atoms with Crippen molar-refractivity contribution in [2.75, 3.05) is 13.1 Å². The number of nitrogens with zero attached hydrogens (tertiary/aromatic N) is 1. The van der Waals surface area contributed by atoms with Crippen molar-refractivity contribution in [2.24, 2.45) is 11.7 Å². The van der Waals surface area contributed by atoms with Crippen molar-refractivity contribution in [3.8, 4) is 0 Å². The van der Waals surface area contributed by atoms with E-state index in [1.54, 1.807) is 20.8 Å². The van der Waals surface area contributed by atoms with Gasteiger partial charge in [-0.3, -0.25) is 0 Å². The zero-order chi connectivity index (χ0) is 17.4. The van der Waals surface area contributed by atoms with Crippen molar-refractivity contribution < 1.29 is 22.7 Å². The Labute approximate surface area is 133 Å². The third-order valence-electron chi connectivity index (χ3n) is 3.81. The molecule has 1 heterocycles. The van der Waals surface area contributed by atoms with Crippen molar-refractivity contribution >= 4 is 6.09 Å². The monoisotopic (exact) mass is 330 g/mol. The van der Waals surface area contributed by atoms with E-state index in [4.69, 9.17) is 10.5 Å². The highest BCUT2D eigenvalue weighted by atomic mass is 19.2. The van der Waals surface area contributed by atoms with Gasteiger partial charge in [-0.2, -0.15) is 0 Å². The first-order chi connectivity index (χ1) is 10.6. The van der Waals surface area contributed by atoms with E-state index in [1.165, 1.54) is 4.90 Å². The van der Waals surface area contributed by atoms with Crippen molar-refractivity contribution in [3.05, 3.63) is 35.1 Å². The van der Waals surface area contributed by atoms with Gasteiger partial charge in [0.2, 0.25) is 0 Å². The third-order valence-corrected chi connectivity index (χ3v) is 3.81. The van der Waals surface area contributed by atoms with E-state index in [9.17, 15) is 18.0 Å². The SMILES string of the molecule is CC(C)(C)OC(=O)N1CCC(C(N)c2ccc(F)c(F)c2F)C1. The maximum Gasteiger partial charge on any atom is 0.410 e. The van der Waals surface area contributed by atoms with Gasteiger partial charge >= 0.3 is 6.09 Å². The molecule has 2 rings (SSSR count). The van der Waals surface area contributed by atoms with Gasteiger partial charge in [0.05, 0.1) is 0 Å². The Morgan fingerprint density at radius 2 is 1.96 bits per heavy atom. The number of carbonyl (C=O) groups excluding carboxylic acids is 1. The molecule has 23 heavy (non-hydrogen) atoms. The molecular formula is C16H21F3N2O2. The fraction of sp³-hybridized carbons (Fsp3) is 0.562. The van der Waals surface area contributed by atoms with E-state index in [0.29, 0.717) is 13.0 Å². The van der Waals surface area contributed by atoms with Crippen LogP contribution in [0.2, 0.25) is 0 Å². The summed E-state index contributed by atoms with van der Waals surface area (Å²) in [6.45, 7) is 6.01. The van der Waals surface area contributed by atoms with Gasteiger partial charge in [-0.15, -0.1) is 0 Å². The van der Waals surface area contributed by atoms with Crippen molar-refractivity contribution in [3.63, 3.8) is 0 Å². The third kappa shape index (κ3) is 3.96. The second kappa shape index (κ2) is 6.39. The molecule has 0 spiro atoms. The summed E-state index contributed by atoms with van der Waals surface area (Å²) in [6, 6.07) is 1.18. The average molecular weight is 330 g/mol. The summed E-state index contributed by atoms with van der Waals surface area (Å²) in [5.74, 6) is -4.30. The number of benzene rings is 1. The fourth-order valence-electron chi connectivity index (χ4n) is 2.62. The molecular weight excluding hydrogens is 309 g/mol. The Kier molecular flexibility index (Phi) is 4.89. The smallest absolute Gasteiger partial charge is 0.410 e. The molecule has 0 aliphatic carbocycles. The van der Waals surface area contributed by atoms with Crippen molar-refractivity contribution in [2.45, 2.75) is 38.8 Å². The average Bonchev–Trinajstić information content (AvgIpc) is 2.92. The lowest BCUT2D eigenvalue weighted by Gasteiger charge is -2.25. The van der Waals surface area contributed by atoms with Gasteiger partial charge in [-0.05, 0) is 39.2 Å². The van der Waals surface area contributed by atoms with Crippen LogP contribution < -0.4 is 5.73 Å². The Morgan fingerprint density at radius 3 is 2.57 bits per heavy atom. The molecule has 1 amide bonds. The lowest BCUT2D eigenvalue weighted by Crippen LogP contribution is -2.36. The highest BCUT2D eigenvalue weighted by Gasteiger charge is 2.34. The minimum absolute atomic E-state index is 0.0834. The maximum atomic E-state index is 13.8. The van der Waals surface area contributed by atoms with E-state index < -0.39 is 35.2 Å². The molecule has 2 N–H and O–H groups in total. The van der Waals surface area contributed by atoms with E-state index in [1.807, 2.05) is 0 Å². The molecule has 1 aliphatic rings. The molecule has 2 atom stereocenters. The van der Waals surface area contributed by atoms with Crippen LogP contribution in [0.15, 0.2) is 12.1 Å². The fourth-order valence-corrected chi connectivity index (χ4v) is 2.62. The highest BCUT2D eigenvalue weighted by Crippen LogP contribution is 2.31. The first kappa shape index (κ1) is 17.6. The lowest BCUT2D eigenvalue weighted by molar-refractivity contribution is 0.0286. The maximum absolute atomic E-state index is 13.8. The van der Waals surface area contributed by atoms with Crippen LogP contribution in [0.1, 0.15) is 38.8 Å². The number of nitrogens with two attached hydrogens (primary N) is 1. The van der Waals surface area contributed by atoms with Gasteiger partial charge in [0.25, 0.3) is 0 Å². The number of amides is 1. The largest absolute Gasteiger partial charge is 0.444 e. The van der Waals surface area contributed by atoms with Gasteiger partial charge in [0.15, 0.2) is 17.5 Å². The van der Waals surface area contributed by atoms with Crippen LogP contribution in [0.5, 0.6) is 0 Å². The molecule has 0 radical (unpaired) electrons. The molecule has 1 aromatic rings. The Hall–Kier alpha value is -1.76. The van der Waals surface area contributed by atoms with Gasteiger partial charge in [0.1, 0.15) is 5.60 Å². The number of hydrogen-bond donors (Lipinski definition) is 1. The Balaban J connectivity index is 2.07. The molecule has 4 nitrogen and oxygen atoms in total. The summed E-state index contributed by atoms with van der Waals surface area (Å²) in [7, 11) is 0. The van der Waals surface area contributed by atoms with Crippen LogP contribution in [0, 0.1) is 23.4 Å². The van der Waals surface area contributed by atoms with Crippen LogP contribution in [0.4, 0.5) is 18.0 Å². The van der Waals surface area contributed by atoms with Crippen LogP contribution in [0.3, 0.4) is 0 Å². The van der Waals surface area contributed by atoms with Crippen LogP contribution in [-0.4, -0.2) is 29.7 Å². The van der Waals surface area contributed by atoms with Crippen molar-refractivity contribution in [1.82, 2.24) is 4.90 Å². The predicted molar refractivity (Wildman–Crippen MR) is 79.2 cm³/mol. The van der Waals surface area contributed by atoms with E-state index in [0.717, 1.165) is 12.1 Å². The molecule has 128 valence electrons. The van der Waals surface area contributed by atoms with Crippen LogP contribution >= 0.6 is 0 Å². The molecule has 0 bridgehead atoms. The van der Waals surface area contributed by atoms with Crippen LogP contribution in [0.25, 0.3) is 0 Å². The lowest BCUT2D eigenvalue weighted by atomic mass is 9.92. The van der Waals surface area contributed by atoms with E-state index in [2.05, 4.69) is 0 Å². The molecule has 1 saturated heterocycles. The summed E-state index contributed by atoms with van der Waals surface area (Å²) in [6.07, 6.45) is 0.0803. The second-order valence-corrected chi connectivity index (χ2v) is 6.77. The van der Waals surface area contributed by atoms with E-state index in [-0.39, 0.29) is 18.0 Å². The Morgan fingerprint density at radius 1 is 1.30 bits per heavy atom. The number of carbonyl (C=O) groups is 1. The normalized spacial score (nSPS) is 19.8. The molecule has 0 saturated carbocycles. The Bertz CT molecular complexity index is 602. The molecule has 2 unspecified atom stereocenters. The van der Waals surface area contributed by atoms with Gasteiger partial charge < -0.3 is 15.4 Å². The quantitative estimate of drug-likeness (QED) is 0.846. The molecule has 1 aromatic carbocycles. The number of rotatable bonds is 2. The molecule has 1 fully saturated rings. The van der Waals surface area contributed by atoms with Crippen molar-refractivity contribution in [1.29, 1.82) is 0 Å². The number of hydrogen-bond acceptors (Lipinski definition) is 3. The summed E-state index contributed by atoms with van der Waals surface area (Å²) in [5.41, 5.74) is 5.31. The van der Waals surface area contributed by atoms with Gasteiger partial charge in [0, 0.05) is 24.7 Å². The minimum Gasteiger partial charge on any atom is -0.444 e. The zero-order valence-corrected chi connectivity index (χ0v) is 13.4. The summed E-state index contributed by atoms with van der Waals surface area (Å²) >= 11 is 0. The second-order valence-electron chi connectivity index (χ2n) is 6.77. The predicted octanol–water partition coefficient (Wildman–Crippen LogP) is 3.36. The molecule has 1 aliphatic heterocycles. The zero-order valence-electron chi connectivity index (χ0n) is 13.4. The number of ether oxygens (including phenoxy) is 1. The molecule has 0 aromatic heterocycles. The standard InChI is InChI=1S/C16H21F3N2O2/c1-16(2,3)23-15(22)21-7-6-9(8-21)14(20)10-4-5-11(17)13(19)12(10)18/h4-5,9,14H,6-8,20H2,1-3H3. The van der Waals surface area contributed by atoms with E-state index >= 15 is 0 Å².